The molecule has 4 aromatic heterocycles. The van der Waals surface area contributed by atoms with Crippen molar-refractivity contribution in [2.75, 3.05) is 5.32 Å². The first-order valence-corrected chi connectivity index (χ1v) is 13.1. The number of carbonyl (C=O) groups excluding carboxylic acids is 1. The topological polar surface area (TPSA) is 127 Å². The fourth-order valence-corrected chi connectivity index (χ4v) is 5.39. The number of fused-ring (bicyclic) bond motifs is 2. The Bertz CT molecular complexity index is 1700. The van der Waals surface area contributed by atoms with E-state index < -0.39 is 24.3 Å². The number of benzene rings is 1. The first-order chi connectivity index (χ1) is 18.9. The Morgan fingerprint density at radius 2 is 2.08 bits per heavy atom. The maximum absolute atomic E-state index is 15.3. The molecule has 0 unspecified atom stereocenters. The number of aromatic nitrogens is 7. The molecule has 7 rings (SSSR count). The van der Waals surface area contributed by atoms with E-state index >= 15 is 4.39 Å². The van der Waals surface area contributed by atoms with E-state index in [9.17, 15) is 4.79 Å². The van der Waals surface area contributed by atoms with Crippen LogP contribution in [0.15, 0.2) is 49.1 Å². The number of hydrogen-bond donors (Lipinski definition) is 3. The molecular weight excluding hydrogens is 501 g/mol. The summed E-state index contributed by atoms with van der Waals surface area (Å²) in [5, 5.41) is 23.3. The van der Waals surface area contributed by atoms with Crippen molar-refractivity contribution in [2.24, 2.45) is 7.05 Å². The van der Waals surface area contributed by atoms with E-state index in [2.05, 4.69) is 42.1 Å². The lowest BCUT2D eigenvalue weighted by atomic mass is 10.0. The van der Waals surface area contributed by atoms with E-state index in [1.165, 1.54) is 0 Å². The van der Waals surface area contributed by atoms with Crippen LogP contribution in [-0.2, 0) is 11.8 Å². The first-order valence-electron chi connectivity index (χ1n) is 13.1. The molecule has 5 aromatic rings. The molecule has 4 heterocycles. The molecule has 2 aliphatic carbocycles. The average molecular weight is 530 g/mol. The minimum absolute atomic E-state index is 0.206. The van der Waals surface area contributed by atoms with Crippen molar-refractivity contribution in [3.8, 4) is 11.1 Å². The number of rotatable bonds is 6. The number of anilines is 2. The summed E-state index contributed by atoms with van der Waals surface area (Å²) in [6.07, 6.45) is 7.29. The largest absolute Gasteiger partial charge is 0.443 e. The van der Waals surface area contributed by atoms with Crippen LogP contribution in [0.25, 0.3) is 27.5 Å². The summed E-state index contributed by atoms with van der Waals surface area (Å²) in [6.45, 7) is 1.96. The molecule has 0 bridgehead atoms. The van der Waals surface area contributed by atoms with Crippen LogP contribution in [0.5, 0.6) is 0 Å². The van der Waals surface area contributed by atoms with Gasteiger partial charge in [-0.15, -0.1) is 0 Å². The highest BCUT2D eigenvalue weighted by Crippen LogP contribution is 2.40. The second kappa shape index (κ2) is 8.79. The fraction of sp³-hybridized carbons (Fsp3) is 0.370. The summed E-state index contributed by atoms with van der Waals surface area (Å²) in [6, 6.07) is 7.93. The van der Waals surface area contributed by atoms with Gasteiger partial charge in [-0.1, -0.05) is 6.07 Å². The van der Waals surface area contributed by atoms with Gasteiger partial charge in [0.05, 0.1) is 17.9 Å². The average Bonchev–Trinajstić information content (AvgIpc) is 3.37. The molecule has 12 heteroatoms. The van der Waals surface area contributed by atoms with Crippen LogP contribution in [0, 0.1) is 0 Å². The van der Waals surface area contributed by atoms with Crippen LogP contribution in [-0.4, -0.2) is 58.5 Å². The molecule has 11 nitrogen and oxygen atoms in total. The number of alkyl carbamates (subject to hydrolysis) is 1. The zero-order valence-electron chi connectivity index (χ0n) is 21.6. The number of carbonyl (C=O) groups is 1. The van der Waals surface area contributed by atoms with Gasteiger partial charge in [0.2, 0.25) is 0 Å². The molecule has 0 saturated heterocycles. The smallest absolute Gasteiger partial charge is 0.407 e. The number of aromatic amines is 1. The molecule has 3 N–H and O–H groups in total. The Balaban J connectivity index is 1.11. The monoisotopic (exact) mass is 529 g/mol. The highest BCUT2D eigenvalue weighted by molar-refractivity contribution is 5.93. The van der Waals surface area contributed by atoms with Crippen molar-refractivity contribution < 1.29 is 13.9 Å². The lowest BCUT2D eigenvalue weighted by molar-refractivity contribution is 0.0546. The zero-order chi connectivity index (χ0) is 26.7. The predicted octanol–water partition coefficient (Wildman–Crippen LogP) is 4.61. The lowest BCUT2D eigenvalue weighted by Gasteiger charge is -2.19. The van der Waals surface area contributed by atoms with Gasteiger partial charge in [-0.25, -0.2) is 18.7 Å². The van der Waals surface area contributed by atoms with Crippen LogP contribution in [0.3, 0.4) is 0 Å². The summed E-state index contributed by atoms with van der Waals surface area (Å²) in [7, 11) is 1.91. The van der Waals surface area contributed by atoms with Crippen LogP contribution in [0.4, 0.5) is 20.8 Å². The molecular formula is C27H28FN9O2. The summed E-state index contributed by atoms with van der Waals surface area (Å²) in [5.74, 6) is 0.642. The van der Waals surface area contributed by atoms with Crippen molar-refractivity contribution >= 4 is 34.1 Å². The number of amides is 1. The van der Waals surface area contributed by atoms with E-state index in [4.69, 9.17) is 4.74 Å². The van der Waals surface area contributed by atoms with Crippen LogP contribution in [0.2, 0.25) is 0 Å². The lowest BCUT2D eigenvalue weighted by Crippen LogP contribution is -2.38. The van der Waals surface area contributed by atoms with E-state index in [1.807, 2.05) is 43.2 Å². The minimum atomic E-state index is -1.32. The molecule has 200 valence electrons. The number of halogens is 1. The van der Waals surface area contributed by atoms with E-state index in [0.29, 0.717) is 30.2 Å². The minimum Gasteiger partial charge on any atom is -0.443 e. The standard InChI is InChI=1S/C27H28FN9O2/c1-27(7-8-27)33-26(38)39-21-6-4-17(23(21)28)19-12-22(35-34-19)32-25-24-18(14-31-37(24)10-9-29-25)15-3-5-20-16(11-15)13-30-36(20)2/h3,5,9-14,17,21,23H,4,6-8H2,1-2H3,(H,33,38)(H2,29,32,34,35)/t17-,21-,23-/m0/s1. The number of ether oxygens (including phenoxy) is 1. The number of aryl methyl sites for hydroxylation is 1. The highest BCUT2D eigenvalue weighted by Gasteiger charge is 2.43. The third kappa shape index (κ3) is 4.25. The second-order valence-electron chi connectivity index (χ2n) is 10.8. The van der Waals surface area contributed by atoms with E-state index in [-0.39, 0.29) is 5.54 Å². The zero-order valence-corrected chi connectivity index (χ0v) is 21.6. The Morgan fingerprint density at radius 1 is 1.21 bits per heavy atom. The Kier molecular flexibility index (Phi) is 5.32. The number of alkyl halides is 1. The van der Waals surface area contributed by atoms with Crippen molar-refractivity contribution in [1.82, 2.24) is 39.9 Å². The maximum atomic E-state index is 15.3. The molecule has 0 aliphatic heterocycles. The number of H-pyrrole nitrogens is 1. The van der Waals surface area contributed by atoms with Gasteiger partial charge in [0.15, 0.2) is 11.6 Å². The quantitative estimate of drug-likeness (QED) is 0.293. The molecule has 1 aromatic carbocycles. The summed E-state index contributed by atoms with van der Waals surface area (Å²) >= 11 is 0. The second-order valence-corrected chi connectivity index (χ2v) is 10.8. The highest BCUT2D eigenvalue weighted by atomic mass is 19.1. The predicted molar refractivity (Wildman–Crippen MR) is 142 cm³/mol. The summed E-state index contributed by atoms with van der Waals surface area (Å²) < 4.78 is 24.3. The molecule has 2 fully saturated rings. The molecule has 0 spiro atoms. The normalized spacial score (nSPS) is 21.9. The molecule has 3 atom stereocenters. The SMILES string of the molecule is Cn1ncc2cc(-c3cnn4ccnc(Nc5cc([C@@H]6CC[C@H](OC(=O)NC7(C)CC7)[C@H]6F)[nH]n5)c34)ccc21. The molecule has 0 radical (unpaired) electrons. The van der Waals surface area contributed by atoms with Crippen molar-refractivity contribution in [3.63, 3.8) is 0 Å². The molecule has 2 saturated carbocycles. The van der Waals surface area contributed by atoms with E-state index in [1.54, 1.807) is 23.0 Å². The van der Waals surface area contributed by atoms with Gasteiger partial charge < -0.3 is 15.4 Å². The third-order valence-electron chi connectivity index (χ3n) is 7.90. The van der Waals surface area contributed by atoms with Crippen molar-refractivity contribution in [1.29, 1.82) is 0 Å². The van der Waals surface area contributed by atoms with Crippen molar-refractivity contribution in [2.45, 2.75) is 56.3 Å². The molecule has 2 aliphatic rings. The van der Waals surface area contributed by atoms with Crippen LogP contribution in [0.1, 0.15) is 44.2 Å². The molecule has 39 heavy (non-hydrogen) atoms. The van der Waals surface area contributed by atoms with Crippen molar-refractivity contribution in [3.05, 3.63) is 54.7 Å². The fourth-order valence-electron chi connectivity index (χ4n) is 5.39. The van der Waals surface area contributed by atoms with Gasteiger partial charge in [0, 0.05) is 53.6 Å². The van der Waals surface area contributed by atoms with Gasteiger partial charge in [0.1, 0.15) is 17.8 Å². The van der Waals surface area contributed by atoms with Gasteiger partial charge in [-0.3, -0.25) is 9.78 Å². The van der Waals surface area contributed by atoms with Gasteiger partial charge >= 0.3 is 6.09 Å². The number of hydrogen-bond acceptors (Lipinski definition) is 7. The Morgan fingerprint density at radius 3 is 2.92 bits per heavy atom. The Labute approximate surface area is 222 Å². The van der Waals surface area contributed by atoms with Gasteiger partial charge in [-0.05, 0) is 50.3 Å². The van der Waals surface area contributed by atoms with Crippen LogP contribution >= 0.6 is 0 Å². The maximum Gasteiger partial charge on any atom is 0.407 e. The van der Waals surface area contributed by atoms with E-state index in [0.717, 1.165) is 40.4 Å². The number of nitrogens with one attached hydrogen (secondary N) is 3. The molecule has 1 amide bonds. The van der Waals surface area contributed by atoms with Crippen LogP contribution < -0.4 is 10.6 Å². The summed E-state index contributed by atoms with van der Waals surface area (Å²) in [4.78, 5) is 16.7. The first kappa shape index (κ1) is 23.6. The number of nitrogens with zero attached hydrogens (tertiary/aromatic N) is 6. The van der Waals surface area contributed by atoms with Gasteiger partial charge in [0.25, 0.3) is 0 Å². The Hall–Kier alpha value is -4.48. The van der Waals surface area contributed by atoms with Gasteiger partial charge in [-0.2, -0.15) is 15.3 Å². The summed E-state index contributed by atoms with van der Waals surface area (Å²) in [5.41, 5.74) is 4.17. The third-order valence-corrected chi connectivity index (χ3v) is 7.90.